The summed E-state index contributed by atoms with van der Waals surface area (Å²) >= 11 is 6.11. The fourth-order valence-corrected chi connectivity index (χ4v) is 3.99. The van der Waals surface area contributed by atoms with Crippen LogP contribution >= 0.6 is 11.6 Å². The molecule has 1 aromatic heterocycles. The van der Waals surface area contributed by atoms with Crippen LogP contribution in [0.5, 0.6) is 0 Å². The van der Waals surface area contributed by atoms with Gasteiger partial charge in [0.15, 0.2) is 0 Å². The van der Waals surface area contributed by atoms with Crippen molar-refractivity contribution >= 4 is 17.6 Å². The maximum atomic E-state index is 11.9. The molecule has 0 fully saturated rings. The number of carboxylic acid groups (broad SMARTS) is 1. The van der Waals surface area contributed by atoms with Crippen molar-refractivity contribution in [2.45, 2.75) is 39.8 Å². The molecule has 5 heteroatoms. The van der Waals surface area contributed by atoms with Crippen molar-refractivity contribution in [2.24, 2.45) is 0 Å². The molecule has 2 aromatic carbocycles. The molecular formula is C24H27ClN2O2. The van der Waals surface area contributed by atoms with Crippen molar-refractivity contribution in [3.05, 3.63) is 93.3 Å². The number of carbonyl (C=O) groups is 1. The van der Waals surface area contributed by atoms with E-state index in [9.17, 15) is 9.90 Å². The number of carboxylic acids is 1. The first kappa shape index (κ1) is 21.2. The van der Waals surface area contributed by atoms with Gasteiger partial charge in [0.05, 0.1) is 5.56 Å². The molecule has 0 atom stereocenters. The summed E-state index contributed by atoms with van der Waals surface area (Å²) in [5.74, 6) is -0.878. The van der Waals surface area contributed by atoms with Gasteiger partial charge in [0.1, 0.15) is 0 Å². The number of aromatic nitrogens is 1. The first-order chi connectivity index (χ1) is 14.0. The number of nitrogens with one attached hydrogen (secondary N) is 1. The number of benzene rings is 2. The van der Waals surface area contributed by atoms with Gasteiger partial charge in [-0.3, -0.25) is 0 Å². The quantitative estimate of drug-likeness (QED) is 0.475. The van der Waals surface area contributed by atoms with Crippen LogP contribution in [0.1, 0.15) is 44.9 Å². The van der Waals surface area contributed by atoms with E-state index in [1.807, 2.05) is 44.2 Å². The van der Waals surface area contributed by atoms with Gasteiger partial charge >= 0.3 is 5.97 Å². The first-order valence-electron chi connectivity index (χ1n) is 9.88. The van der Waals surface area contributed by atoms with Crippen LogP contribution in [0, 0.1) is 13.8 Å². The summed E-state index contributed by atoms with van der Waals surface area (Å²) in [4.78, 5) is 11.9. The zero-order valence-electron chi connectivity index (χ0n) is 16.9. The molecule has 0 radical (unpaired) electrons. The molecule has 0 aliphatic heterocycles. The number of hydrogen-bond donors (Lipinski definition) is 2. The van der Waals surface area contributed by atoms with Gasteiger partial charge in [-0.25, -0.2) is 4.79 Å². The summed E-state index contributed by atoms with van der Waals surface area (Å²) in [5.41, 5.74) is 5.39. The highest BCUT2D eigenvalue weighted by Crippen LogP contribution is 2.24. The molecule has 0 bridgehead atoms. The number of nitrogens with zero attached hydrogens (tertiary/aromatic N) is 1. The van der Waals surface area contributed by atoms with Crippen molar-refractivity contribution in [1.29, 1.82) is 0 Å². The Balaban J connectivity index is 1.69. The predicted octanol–water partition coefficient (Wildman–Crippen LogP) is 5.23. The van der Waals surface area contributed by atoms with Gasteiger partial charge in [0.2, 0.25) is 0 Å². The largest absolute Gasteiger partial charge is 0.478 e. The van der Waals surface area contributed by atoms with Crippen LogP contribution < -0.4 is 5.32 Å². The molecule has 0 saturated heterocycles. The highest BCUT2D eigenvalue weighted by Gasteiger charge is 2.22. The minimum absolute atomic E-state index is 0.403. The average molecular weight is 411 g/mol. The van der Waals surface area contributed by atoms with E-state index in [2.05, 4.69) is 34.1 Å². The second kappa shape index (κ2) is 9.77. The van der Waals surface area contributed by atoms with Gasteiger partial charge in [0, 0.05) is 35.1 Å². The fraction of sp³-hybridized carbons (Fsp3) is 0.292. The minimum Gasteiger partial charge on any atom is -0.478 e. The molecule has 0 unspecified atom stereocenters. The van der Waals surface area contributed by atoms with Crippen molar-refractivity contribution in [2.75, 3.05) is 6.54 Å². The summed E-state index contributed by atoms with van der Waals surface area (Å²) in [6.45, 7) is 5.86. The van der Waals surface area contributed by atoms with E-state index >= 15 is 0 Å². The lowest BCUT2D eigenvalue weighted by atomic mass is 10.1. The zero-order valence-corrected chi connectivity index (χ0v) is 17.7. The molecule has 0 amide bonds. The Labute approximate surface area is 177 Å². The Morgan fingerprint density at radius 1 is 1.03 bits per heavy atom. The summed E-state index contributed by atoms with van der Waals surface area (Å²) < 4.78 is 2.07. The van der Waals surface area contributed by atoms with E-state index in [4.69, 9.17) is 11.6 Å². The van der Waals surface area contributed by atoms with E-state index in [0.29, 0.717) is 23.7 Å². The Bertz CT molecular complexity index is 980. The second-order valence-corrected chi connectivity index (χ2v) is 7.75. The monoisotopic (exact) mass is 410 g/mol. The molecule has 0 aliphatic rings. The Morgan fingerprint density at radius 3 is 2.45 bits per heavy atom. The van der Waals surface area contributed by atoms with Crippen LogP contribution in [0.4, 0.5) is 0 Å². The van der Waals surface area contributed by atoms with Gasteiger partial charge in [-0.2, -0.15) is 0 Å². The van der Waals surface area contributed by atoms with E-state index in [1.165, 1.54) is 5.56 Å². The third-order valence-electron chi connectivity index (χ3n) is 5.32. The highest BCUT2D eigenvalue weighted by atomic mass is 35.5. The topological polar surface area (TPSA) is 54.3 Å². The lowest BCUT2D eigenvalue weighted by Gasteiger charge is -2.11. The van der Waals surface area contributed by atoms with Crippen molar-refractivity contribution < 1.29 is 9.90 Å². The van der Waals surface area contributed by atoms with Gasteiger partial charge in [-0.05, 0) is 56.5 Å². The van der Waals surface area contributed by atoms with E-state index in [1.54, 1.807) is 0 Å². The molecule has 0 aliphatic carbocycles. The van der Waals surface area contributed by atoms with E-state index in [0.717, 1.165) is 41.9 Å². The molecule has 0 spiro atoms. The van der Waals surface area contributed by atoms with Crippen LogP contribution in [0.15, 0.2) is 54.6 Å². The van der Waals surface area contributed by atoms with Crippen molar-refractivity contribution in [1.82, 2.24) is 9.88 Å². The van der Waals surface area contributed by atoms with Crippen LogP contribution in [0.25, 0.3) is 0 Å². The number of hydrogen-bond acceptors (Lipinski definition) is 2. The summed E-state index contributed by atoms with van der Waals surface area (Å²) in [5, 5.41) is 13.9. The fourth-order valence-electron chi connectivity index (χ4n) is 3.78. The van der Waals surface area contributed by atoms with Gasteiger partial charge in [0.25, 0.3) is 0 Å². The number of rotatable bonds is 9. The smallest absolute Gasteiger partial charge is 0.337 e. The zero-order chi connectivity index (χ0) is 20.8. The first-order valence-corrected chi connectivity index (χ1v) is 10.3. The normalized spacial score (nSPS) is 11.0. The summed E-state index contributed by atoms with van der Waals surface area (Å²) in [7, 11) is 0. The lowest BCUT2D eigenvalue weighted by molar-refractivity contribution is 0.0694. The lowest BCUT2D eigenvalue weighted by Crippen LogP contribution is -2.17. The molecule has 152 valence electrons. The van der Waals surface area contributed by atoms with Crippen LogP contribution in [0.2, 0.25) is 5.02 Å². The number of aryl methyl sites for hydroxylation is 1. The number of halogens is 1. The molecular weight excluding hydrogens is 384 g/mol. The molecule has 29 heavy (non-hydrogen) atoms. The molecule has 0 saturated carbocycles. The molecule has 3 aromatic rings. The SMILES string of the molecule is Cc1c(CNCCCc2ccccc2)c(C(=O)O)c(C)n1Cc1cccc(Cl)c1. The Hall–Kier alpha value is -2.56. The Morgan fingerprint density at radius 2 is 1.76 bits per heavy atom. The number of aromatic carboxylic acids is 1. The molecule has 1 heterocycles. The van der Waals surface area contributed by atoms with Gasteiger partial charge < -0.3 is 15.0 Å². The predicted molar refractivity (Wildman–Crippen MR) is 118 cm³/mol. The Kier molecular flexibility index (Phi) is 7.13. The highest BCUT2D eigenvalue weighted by molar-refractivity contribution is 6.30. The van der Waals surface area contributed by atoms with Crippen molar-refractivity contribution in [3.8, 4) is 0 Å². The van der Waals surface area contributed by atoms with Crippen LogP contribution in [0.3, 0.4) is 0 Å². The molecule has 3 rings (SSSR count). The summed E-state index contributed by atoms with van der Waals surface area (Å²) in [6.07, 6.45) is 2.01. The maximum absolute atomic E-state index is 11.9. The third-order valence-corrected chi connectivity index (χ3v) is 5.55. The maximum Gasteiger partial charge on any atom is 0.337 e. The van der Waals surface area contributed by atoms with Crippen molar-refractivity contribution in [3.63, 3.8) is 0 Å². The minimum atomic E-state index is -0.878. The van der Waals surface area contributed by atoms with Gasteiger partial charge in [-0.15, -0.1) is 0 Å². The molecule has 4 nitrogen and oxygen atoms in total. The summed E-state index contributed by atoms with van der Waals surface area (Å²) in [6, 6.07) is 18.1. The van der Waals surface area contributed by atoms with Gasteiger partial charge in [-0.1, -0.05) is 54.1 Å². The molecule has 2 N–H and O–H groups in total. The third kappa shape index (κ3) is 5.28. The average Bonchev–Trinajstić information content (AvgIpc) is 2.93. The van der Waals surface area contributed by atoms with Crippen LogP contribution in [-0.2, 0) is 19.5 Å². The standard InChI is InChI=1S/C24H27ClN2O2/c1-17-22(15-26-13-7-11-19-8-4-3-5-9-19)23(24(28)29)18(2)27(17)16-20-10-6-12-21(25)14-20/h3-6,8-10,12,14,26H,7,11,13,15-16H2,1-2H3,(H,28,29). The van der Waals surface area contributed by atoms with E-state index in [-0.39, 0.29) is 0 Å². The van der Waals surface area contributed by atoms with E-state index < -0.39 is 5.97 Å². The second-order valence-electron chi connectivity index (χ2n) is 7.31. The van der Waals surface area contributed by atoms with Crippen LogP contribution in [-0.4, -0.2) is 22.2 Å².